The average Bonchev–Trinajstić information content (AvgIpc) is 2.48. The van der Waals surface area contributed by atoms with E-state index < -0.39 is 0 Å². The summed E-state index contributed by atoms with van der Waals surface area (Å²) < 4.78 is 24.1. The fraction of sp³-hybridized carbons (Fsp3) is 0.235. The minimum atomic E-state index is -0.346. The topological polar surface area (TPSA) is 47.6 Å². The highest BCUT2D eigenvalue weighted by Gasteiger charge is 2.15. The van der Waals surface area contributed by atoms with Crippen LogP contribution in [0.15, 0.2) is 36.4 Å². The molecule has 0 saturated carbocycles. The van der Waals surface area contributed by atoms with Crippen molar-refractivity contribution in [1.82, 2.24) is 0 Å². The Kier molecular flexibility index (Phi) is 3.96. The van der Waals surface area contributed by atoms with Gasteiger partial charge in [0.15, 0.2) is 11.5 Å². The van der Waals surface area contributed by atoms with Crippen LogP contribution in [-0.4, -0.2) is 19.1 Å². The third kappa shape index (κ3) is 3.19. The van der Waals surface area contributed by atoms with Gasteiger partial charge in [0, 0.05) is 11.8 Å². The number of carbonyl (C=O) groups is 1. The smallest absolute Gasteiger partial charge is 0.228 e. The second-order valence-corrected chi connectivity index (χ2v) is 5.17. The normalized spacial score (nSPS) is 12.8. The van der Waals surface area contributed by atoms with Crippen LogP contribution in [0.5, 0.6) is 11.5 Å². The summed E-state index contributed by atoms with van der Waals surface area (Å²) in [7, 11) is 0. The summed E-state index contributed by atoms with van der Waals surface area (Å²) in [4.78, 5) is 12.1. The third-order valence-corrected chi connectivity index (χ3v) is 3.42. The average molecular weight is 301 g/mol. The molecular weight excluding hydrogens is 285 g/mol. The van der Waals surface area contributed by atoms with Crippen LogP contribution in [-0.2, 0) is 11.2 Å². The maximum Gasteiger partial charge on any atom is 0.228 e. The van der Waals surface area contributed by atoms with Gasteiger partial charge in [0.1, 0.15) is 19.0 Å². The molecule has 1 N–H and O–H groups in total. The number of fused-ring (bicyclic) bond motifs is 1. The molecule has 0 unspecified atom stereocenters. The number of ether oxygens (including phenoxy) is 2. The molecule has 0 radical (unpaired) electrons. The van der Waals surface area contributed by atoms with E-state index in [0.717, 1.165) is 5.56 Å². The van der Waals surface area contributed by atoms with Gasteiger partial charge < -0.3 is 14.8 Å². The number of anilines is 1. The summed E-state index contributed by atoms with van der Waals surface area (Å²) in [6.45, 7) is 2.90. The van der Waals surface area contributed by atoms with Crippen LogP contribution in [0.2, 0.25) is 0 Å². The van der Waals surface area contributed by atoms with Crippen molar-refractivity contribution in [3.05, 3.63) is 53.3 Å². The Hall–Kier alpha value is -2.56. The Morgan fingerprint density at radius 3 is 2.64 bits per heavy atom. The summed E-state index contributed by atoms with van der Waals surface area (Å²) in [5.74, 6) is 0.760. The second-order valence-electron chi connectivity index (χ2n) is 5.17. The molecule has 0 aliphatic carbocycles. The van der Waals surface area contributed by atoms with E-state index in [1.807, 2.05) is 13.0 Å². The van der Waals surface area contributed by atoms with E-state index in [9.17, 15) is 9.18 Å². The predicted molar refractivity (Wildman–Crippen MR) is 80.9 cm³/mol. The fourth-order valence-corrected chi connectivity index (χ4v) is 2.35. The van der Waals surface area contributed by atoms with Gasteiger partial charge in [0.05, 0.1) is 6.42 Å². The van der Waals surface area contributed by atoms with Gasteiger partial charge in [-0.1, -0.05) is 12.1 Å². The standard InChI is InChI=1S/C17H16FNO3/c1-11-7-15-16(22-6-5-21-15)10-14(11)19-17(20)9-12-3-2-4-13(18)8-12/h2-4,7-8,10H,5-6,9H2,1H3,(H,19,20). The Balaban J connectivity index is 1.74. The van der Waals surface area contributed by atoms with Crippen LogP contribution in [0.4, 0.5) is 10.1 Å². The van der Waals surface area contributed by atoms with Crippen molar-refractivity contribution in [2.75, 3.05) is 18.5 Å². The molecular formula is C17H16FNO3. The zero-order valence-corrected chi connectivity index (χ0v) is 12.2. The molecule has 5 heteroatoms. The maximum absolute atomic E-state index is 13.1. The van der Waals surface area contributed by atoms with Crippen LogP contribution in [0.25, 0.3) is 0 Å². The van der Waals surface area contributed by atoms with Crippen LogP contribution in [0.1, 0.15) is 11.1 Å². The summed E-state index contributed by atoms with van der Waals surface area (Å²) in [6, 6.07) is 9.62. The van der Waals surface area contributed by atoms with Gasteiger partial charge in [-0.2, -0.15) is 0 Å². The van der Waals surface area contributed by atoms with Crippen LogP contribution in [0, 0.1) is 12.7 Å². The second kappa shape index (κ2) is 6.05. The molecule has 22 heavy (non-hydrogen) atoms. The van der Waals surface area contributed by atoms with Crippen molar-refractivity contribution in [2.24, 2.45) is 0 Å². The van der Waals surface area contributed by atoms with Crippen molar-refractivity contribution in [2.45, 2.75) is 13.3 Å². The molecule has 1 amide bonds. The number of hydrogen-bond donors (Lipinski definition) is 1. The summed E-state index contributed by atoms with van der Waals surface area (Å²) in [6.07, 6.45) is 0.117. The van der Waals surface area contributed by atoms with Crippen molar-refractivity contribution in [3.63, 3.8) is 0 Å². The molecule has 2 aromatic carbocycles. The molecule has 0 fully saturated rings. The van der Waals surface area contributed by atoms with Gasteiger partial charge in [-0.05, 0) is 36.2 Å². The van der Waals surface area contributed by atoms with E-state index >= 15 is 0 Å². The van der Waals surface area contributed by atoms with Crippen molar-refractivity contribution >= 4 is 11.6 Å². The number of nitrogens with one attached hydrogen (secondary N) is 1. The lowest BCUT2D eigenvalue weighted by atomic mass is 10.1. The summed E-state index contributed by atoms with van der Waals surface area (Å²) >= 11 is 0. The number of carbonyl (C=O) groups excluding carboxylic acids is 1. The number of benzene rings is 2. The largest absolute Gasteiger partial charge is 0.486 e. The molecule has 1 aliphatic rings. The van der Waals surface area contributed by atoms with E-state index in [2.05, 4.69) is 5.32 Å². The van der Waals surface area contributed by atoms with Gasteiger partial charge in [0.2, 0.25) is 5.91 Å². The molecule has 3 rings (SSSR count). The number of amides is 1. The lowest BCUT2D eigenvalue weighted by molar-refractivity contribution is -0.115. The van der Waals surface area contributed by atoms with Gasteiger partial charge in [-0.3, -0.25) is 4.79 Å². The number of hydrogen-bond acceptors (Lipinski definition) is 3. The van der Waals surface area contributed by atoms with Gasteiger partial charge in [-0.15, -0.1) is 0 Å². The van der Waals surface area contributed by atoms with E-state index in [4.69, 9.17) is 9.47 Å². The molecule has 0 bridgehead atoms. The molecule has 114 valence electrons. The monoisotopic (exact) mass is 301 g/mol. The molecule has 0 spiro atoms. The first kappa shape index (κ1) is 14.4. The molecule has 0 aromatic heterocycles. The Labute approximate surface area is 127 Å². The highest BCUT2D eigenvalue weighted by Crippen LogP contribution is 2.35. The van der Waals surface area contributed by atoms with Gasteiger partial charge >= 0.3 is 0 Å². The van der Waals surface area contributed by atoms with Crippen molar-refractivity contribution in [1.29, 1.82) is 0 Å². The SMILES string of the molecule is Cc1cc2c(cc1NC(=O)Cc1cccc(F)c1)OCCO2. The molecule has 2 aromatic rings. The lowest BCUT2D eigenvalue weighted by Crippen LogP contribution is -2.18. The zero-order chi connectivity index (χ0) is 15.5. The minimum absolute atomic E-state index is 0.117. The molecule has 1 aliphatic heterocycles. The maximum atomic E-state index is 13.1. The van der Waals surface area contributed by atoms with E-state index in [1.165, 1.54) is 12.1 Å². The zero-order valence-electron chi connectivity index (χ0n) is 12.2. The number of aryl methyl sites for hydroxylation is 1. The molecule has 1 heterocycles. The minimum Gasteiger partial charge on any atom is -0.486 e. The van der Waals surface area contributed by atoms with Crippen LogP contribution < -0.4 is 14.8 Å². The van der Waals surface area contributed by atoms with Crippen molar-refractivity contribution < 1.29 is 18.7 Å². The summed E-state index contributed by atoms with van der Waals surface area (Å²) in [5, 5.41) is 2.83. The Morgan fingerprint density at radius 1 is 1.18 bits per heavy atom. The third-order valence-electron chi connectivity index (χ3n) is 3.42. The predicted octanol–water partition coefficient (Wildman–Crippen LogP) is 3.09. The van der Waals surface area contributed by atoms with Crippen LogP contribution >= 0.6 is 0 Å². The number of halogens is 1. The fourth-order valence-electron chi connectivity index (χ4n) is 2.35. The van der Waals surface area contributed by atoms with Gasteiger partial charge in [-0.25, -0.2) is 4.39 Å². The van der Waals surface area contributed by atoms with Crippen molar-refractivity contribution in [3.8, 4) is 11.5 Å². The van der Waals surface area contributed by atoms with E-state index in [-0.39, 0.29) is 18.1 Å². The van der Waals surface area contributed by atoms with Crippen LogP contribution in [0.3, 0.4) is 0 Å². The van der Waals surface area contributed by atoms with E-state index in [1.54, 1.807) is 18.2 Å². The van der Waals surface area contributed by atoms with Gasteiger partial charge in [0.25, 0.3) is 0 Å². The Morgan fingerprint density at radius 2 is 1.91 bits per heavy atom. The molecule has 0 atom stereocenters. The first-order valence-electron chi connectivity index (χ1n) is 7.06. The highest BCUT2D eigenvalue weighted by molar-refractivity contribution is 5.93. The molecule has 0 saturated heterocycles. The first-order valence-corrected chi connectivity index (χ1v) is 7.06. The quantitative estimate of drug-likeness (QED) is 0.947. The molecule has 4 nitrogen and oxygen atoms in total. The summed E-state index contributed by atoms with van der Waals surface area (Å²) in [5.41, 5.74) is 2.19. The Bertz CT molecular complexity index is 715. The first-order chi connectivity index (χ1) is 10.6. The van der Waals surface area contributed by atoms with E-state index in [0.29, 0.717) is 36.0 Å². The lowest BCUT2D eigenvalue weighted by Gasteiger charge is -2.20. The highest BCUT2D eigenvalue weighted by atomic mass is 19.1. The number of rotatable bonds is 3.